The molecule has 29 heavy (non-hydrogen) atoms. The van der Waals surface area contributed by atoms with E-state index in [4.69, 9.17) is 9.47 Å². The molecule has 1 heterocycles. The third-order valence-corrected chi connectivity index (χ3v) is 4.09. The molecule has 3 aromatic rings. The quantitative estimate of drug-likeness (QED) is 0.462. The van der Waals surface area contributed by atoms with Crippen molar-refractivity contribution in [2.24, 2.45) is 0 Å². The number of rotatable bonds is 8. The van der Waals surface area contributed by atoms with Gasteiger partial charge in [-0.25, -0.2) is 4.98 Å². The van der Waals surface area contributed by atoms with Crippen LogP contribution < -0.4 is 14.8 Å². The summed E-state index contributed by atoms with van der Waals surface area (Å²) >= 11 is 0. The first-order valence-electron chi connectivity index (χ1n) is 8.85. The van der Waals surface area contributed by atoms with Crippen LogP contribution in [0.1, 0.15) is 15.9 Å². The van der Waals surface area contributed by atoms with Crippen molar-refractivity contribution < 1.29 is 19.2 Å². The van der Waals surface area contributed by atoms with E-state index in [1.807, 2.05) is 24.3 Å². The molecular weight excluding hydrogens is 374 g/mol. The number of hydrogen-bond donors (Lipinski definition) is 1. The molecular formula is C21H19N3O5. The topological polar surface area (TPSA) is 104 Å². The number of nitrogens with zero attached hydrogens (tertiary/aromatic N) is 2. The molecule has 0 radical (unpaired) electrons. The Morgan fingerprint density at radius 1 is 1.10 bits per heavy atom. The molecule has 0 aliphatic rings. The molecule has 0 saturated carbocycles. The monoisotopic (exact) mass is 393 g/mol. The number of benzene rings is 2. The van der Waals surface area contributed by atoms with Crippen LogP contribution in [0.2, 0.25) is 0 Å². The van der Waals surface area contributed by atoms with Crippen molar-refractivity contribution in [2.45, 2.75) is 6.42 Å². The minimum Gasteiger partial charge on any atom is -0.497 e. The Kier molecular flexibility index (Phi) is 6.36. The van der Waals surface area contributed by atoms with Gasteiger partial charge >= 0.3 is 0 Å². The van der Waals surface area contributed by atoms with E-state index < -0.39 is 4.92 Å². The normalized spacial score (nSPS) is 10.2. The Balaban J connectivity index is 1.67. The van der Waals surface area contributed by atoms with Gasteiger partial charge in [0.15, 0.2) is 0 Å². The van der Waals surface area contributed by atoms with Gasteiger partial charge in [0.05, 0.1) is 18.1 Å². The minimum atomic E-state index is -0.516. The second-order valence-corrected chi connectivity index (χ2v) is 6.07. The van der Waals surface area contributed by atoms with Crippen molar-refractivity contribution in [2.75, 3.05) is 13.7 Å². The molecule has 0 aliphatic carbocycles. The summed E-state index contributed by atoms with van der Waals surface area (Å²) in [5.74, 6) is 0.713. The molecule has 0 atom stereocenters. The van der Waals surface area contributed by atoms with Gasteiger partial charge in [0.1, 0.15) is 17.1 Å². The summed E-state index contributed by atoms with van der Waals surface area (Å²) in [6.07, 6.45) is 2.12. The lowest BCUT2D eigenvalue weighted by molar-refractivity contribution is -0.384. The fourth-order valence-electron chi connectivity index (χ4n) is 2.66. The fraction of sp³-hybridized carbons (Fsp3) is 0.143. The highest BCUT2D eigenvalue weighted by Gasteiger charge is 2.15. The summed E-state index contributed by atoms with van der Waals surface area (Å²) < 4.78 is 10.8. The van der Waals surface area contributed by atoms with E-state index in [1.54, 1.807) is 25.3 Å². The van der Waals surface area contributed by atoms with E-state index in [9.17, 15) is 14.9 Å². The summed E-state index contributed by atoms with van der Waals surface area (Å²) in [7, 11) is 1.60. The standard InChI is InChI=1S/C21H19N3O5/c1-28-17-7-2-5-15(13-17)10-12-22-20(25)19-9-4-11-23-21(19)29-18-8-3-6-16(14-18)24(26)27/h2-9,11,13-14H,10,12H2,1H3,(H,22,25). The molecule has 0 saturated heterocycles. The van der Waals surface area contributed by atoms with Crippen molar-refractivity contribution in [1.82, 2.24) is 10.3 Å². The number of non-ortho nitro benzene ring substituents is 1. The van der Waals surface area contributed by atoms with Gasteiger partial charge in [-0.1, -0.05) is 18.2 Å². The lowest BCUT2D eigenvalue weighted by atomic mass is 10.1. The first-order valence-corrected chi connectivity index (χ1v) is 8.85. The minimum absolute atomic E-state index is 0.0758. The van der Waals surface area contributed by atoms with Crippen molar-refractivity contribution >= 4 is 11.6 Å². The van der Waals surface area contributed by atoms with Crippen LogP contribution in [0.5, 0.6) is 17.4 Å². The average Bonchev–Trinajstić information content (AvgIpc) is 2.74. The number of pyridine rings is 1. The third-order valence-electron chi connectivity index (χ3n) is 4.09. The number of methoxy groups -OCH3 is 1. The third kappa shape index (κ3) is 5.29. The van der Waals surface area contributed by atoms with Crippen LogP contribution in [-0.2, 0) is 6.42 Å². The highest BCUT2D eigenvalue weighted by atomic mass is 16.6. The Bertz CT molecular complexity index is 1020. The molecule has 0 fully saturated rings. The number of carbonyl (C=O) groups is 1. The van der Waals surface area contributed by atoms with Crippen LogP contribution in [0.25, 0.3) is 0 Å². The zero-order chi connectivity index (χ0) is 20.6. The number of nitro benzene ring substituents is 1. The number of amides is 1. The Morgan fingerprint density at radius 2 is 1.90 bits per heavy atom. The van der Waals surface area contributed by atoms with Gasteiger partial charge < -0.3 is 14.8 Å². The summed E-state index contributed by atoms with van der Waals surface area (Å²) in [5, 5.41) is 13.8. The fourth-order valence-corrected chi connectivity index (χ4v) is 2.66. The molecule has 0 bridgehead atoms. The lowest BCUT2D eigenvalue weighted by Crippen LogP contribution is -2.26. The van der Waals surface area contributed by atoms with Crippen LogP contribution in [0.3, 0.4) is 0 Å². The van der Waals surface area contributed by atoms with E-state index in [2.05, 4.69) is 10.3 Å². The maximum Gasteiger partial charge on any atom is 0.273 e. The van der Waals surface area contributed by atoms with Crippen molar-refractivity contribution in [3.8, 4) is 17.4 Å². The maximum atomic E-state index is 12.6. The van der Waals surface area contributed by atoms with Crippen LogP contribution in [0.15, 0.2) is 66.9 Å². The van der Waals surface area contributed by atoms with E-state index >= 15 is 0 Å². The second kappa shape index (κ2) is 9.32. The van der Waals surface area contributed by atoms with Crippen LogP contribution in [-0.4, -0.2) is 29.5 Å². The highest BCUT2D eigenvalue weighted by Crippen LogP contribution is 2.26. The maximum absolute atomic E-state index is 12.6. The zero-order valence-corrected chi connectivity index (χ0v) is 15.7. The summed E-state index contributed by atoms with van der Waals surface area (Å²) in [6.45, 7) is 0.414. The van der Waals surface area contributed by atoms with Gasteiger partial charge in [-0.15, -0.1) is 0 Å². The Labute approximate surface area is 167 Å². The Morgan fingerprint density at radius 3 is 2.69 bits per heavy atom. The van der Waals surface area contributed by atoms with Crippen LogP contribution in [0.4, 0.5) is 5.69 Å². The molecule has 1 N–H and O–H groups in total. The molecule has 3 rings (SSSR count). The van der Waals surface area contributed by atoms with Crippen molar-refractivity contribution in [3.63, 3.8) is 0 Å². The predicted octanol–water partition coefficient (Wildman–Crippen LogP) is 3.76. The summed E-state index contributed by atoms with van der Waals surface area (Å²) in [4.78, 5) is 27.1. The largest absolute Gasteiger partial charge is 0.497 e. The number of nitrogens with one attached hydrogen (secondary N) is 1. The summed E-state index contributed by atoms with van der Waals surface area (Å²) in [5.41, 5.74) is 1.16. The average molecular weight is 393 g/mol. The zero-order valence-electron chi connectivity index (χ0n) is 15.7. The van der Waals surface area contributed by atoms with E-state index in [0.717, 1.165) is 11.3 Å². The smallest absolute Gasteiger partial charge is 0.273 e. The predicted molar refractivity (Wildman–Crippen MR) is 106 cm³/mol. The van der Waals surface area contributed by atoms with Gasteiger partial charge in [0, 0.05) is 18.8 Å². The van der Waals surface area contributed by atoms with Crippen LogP contribution >= 0.6 is 0 Å². The molecule has 148 valence electrons. The molecule has 8 heteroatoms. The molecule has 0 aliphatic heterocycles. The van der Waals surface area contributed by atoms with Gasteiger partial charge in [0.25, 0.3) is 11.6 Å². The number of nitro groups is 1. The molecule has 0 unspecified atom stereocenters. The molecule has 1 amide bonds. The first kappa shape index (κ1) is 19.8. The Hall–Kier alpha value is -3.94. The van der Waals surface area contributed by atoms with Crippen molar-refractivity contribution in [3.05, 3.63) is 88.1 Å². The van der Waals surface area contributed by atoms with Crippen LogP contribution in [0, 0.1) is 10.1 Å². The number of ether oxygens (including phenoxy) is 2. The first-order chi connectivity index (χ1) is 14.1. The van der Waals surface area contributed by atoms with Gasteiger partial charge in [-0.05, 0) is 42.3 Å². The molecule has 1 aromatic heterocycles. The number of aromatic nitrogens is 1. The lowest BCUT2D eigenvalue weighted by Gasteiger charge is -2.10. The SMILES string of the molecule is COc1cccc(CCNC(=O)c2cccnc2Oc2cccc([N+](=O)[O-])c2)c1. The molecule has 2 aromatic carbocycles. The van der Waals surface area contributed by atoms with Gasteiger partial charge in [0.2, 0.25) is 5.88 Å². The summed E-state index contributed by atoms with van der Waals surface area (Å²) in [6, 6.07) is 16.5. The number of hydrogen-bond acceptors (Lipinski definition) is 6. The van der Waals surface area contributed by atoms with E-state index in [-0.39, 0.29) is 28.8 Å². The second-order valence-electron chi connectivity index (χ2n) is 6.07. The van der Waals surface area contributed by atoms with Gasteiger partial charge in [-0.3, -0.25) is 14.9 Å². The van der Waals surface area contributed by atoms with Gasteiger partial charge in [-0.2, -0.15) is 0 Å². The molecule has 8 nitrogen and oxygen atoms in total. The van der Waals surface area contributed by atoms with E-state index in [0.29, 0.717) is 13.0 Å². The van der Waals surface area contributed by atoms with E-state index in [1.165, 1.54) is 24.4 Å². The number of carbonyl (C=O) groups excluding carboxylic acids is 1. The molecule has 0 spiro atoms. The highest BCUT2D eigenvalue weighted by molar-refractivity contribution is 5.96. The van der Waals surface area contributed by atoms with Crippen molar-refractivity contribution in [1.29, 1.82) is 0 Å².